The van der Waals surface area contributed by atoms with E-state index in [1.54, 1.807) is 17.6 Å². The lowest BCUT2D eigenvalue weighted by Gasteiger charge is -2.06. The second kappa shape index (κ2) is 6.77. The van der Waals surface area contributed by atoms with Crippen LogP contribution in [0.3, 0.4) is 0 Å². The van der Waals surface area contributed by atoms with Gasteiger partial charge in [0.05, 0.1) is 12.5 Å². The highest BCUT2D eigenvalue weighted by atomic mass is 32.1. The molecule has 1 aliphatic rings. The maximum atomic E-state index is 13.8. The van der Waals surface area contributed by atoms with Gasteiger partial charge in [0.2, 0.25) is 0 Å². The molecule has 1 aromatic carbocycles. The van der Waals surface area contributed by atoms with Crippen LogP contribution in [-0.4, -0.2) is 22.6 Å². The lowest BCUT2D eigenvalue weighted by molar-refractivity contribution is 0.0477. The summed E-state index contributed by atoms with van der Waals surface area (Å²) >= 11 is 1.16. The Morgan fingerprint density at radius 3 is 2.96 bits per heavy atom. The van der Waals surface area contributed by atoms with Gasteiger partial charge in [-0.1, -0.05) is 6.07 Å². The summed E-state index contributed by atoms with van der Waals surface area (Å²) in [4.78, 5) is 30.6. The molecular formula is C19H17FN2O4S. The predicted molar refractivity (Wildman–Crippen MR) is 99.0 cm³/mol. The number of esters is 1. The van der Waals surface area contributed by atoms with Gasteiger partial charge in [-0.25, -0.2) is 14.2 Å². The van der Waals surface area contributed by atoms with Crippen LogP contribution in [-0.2, 0) is 24.3 Å². The Bertz CT molecular complexity index is 1120. The van der Waals surface area contributed by atoms with Crippen LogP contribution in [0, 0.1) is 12.7 Å². The number of methoxy groups -OCH3 is 1. The number of thiophene rings is 1. The van der Waals surface area contributed by atoms with Crippen LogP contribution in [0.2, 0.25) is 0 Å². The second-order valence-electron chi connectivity index (χ2n) is 6.37. The number of fused-ring (bicyclic) bond motifs is 2. The van der Waals surface area contributed by atoms with E-state index in [9.17, 15) is 14.0 Å². The van der Waals surface area contributed by atoms with E-state index in [1.165, 1.54) is 19.2 Å². The minimum absolute atomic E-state index is 0.0731. The summed E-state index contributed by atoms with van der Waals surface area (Å²) in [7, 11) is 1.38. The normalized spacial score (nSPS) is 13.0. The fourth-order valence-electron chi connectivity index (χ4n) is 3.28. The molecule has 8 heteroatoms. The van der Waals surface area contributed by atoms with Crippen LogP contribution < -0.4 is 10.3 Å². The van der Waals surface area contributed by atoms with Gasteiger partial charge >= 0.3 is 5.97 Å². The van der Waals surface area contributed by atoms with E-state index in [0.717, 1.165) is 30.0 Å². The monoisotopic (exact) mass is 388 g/mol. The van der Waals surface area contributed by atoms with E-state index in [0.29, 0.717) is 32.8 Å². The lowest BCUT2D eigenvalue weighted by atomic mass is 10.2. The van der Waals surface area contributed by atoms with E-state index in [2.05, 4.69) is 4.98 Å². The Hall–Kier alpha value is -2.74. The van der Waals surface area contributed by atoms with Crippen molar-refractivity contribution in [1.82, 2.24) is 9.55 Å². The Labute approximate surface area is 158 Å². The van der Waals surface area contributed by atoms with Gasteiger partial charge in [-0.05, 0) is 36.6 Å². The summed E-state index contributed by atoms with van der Waals surface area (Å²) in [6, 6.07) is 4.38. The quantitative estimate of drug-likeness (QED) is 0.642. The number of aryl methyl sites for hydroxylation is 2. The molecule has 3 heterocycles. The van der Waals surface area contributed by atoms with Crippen molar-refractivity contribution in [3.63, 3.8) is 0 Å². The van der Waals surface area contributed by atoms with Gasteiger partial charge in [0.15, 0.2) is 11.6 Å². The SMILES string of the molecule is COc1ccc(COC(=O)c2sc3nc4n(c(=O)c3c2C)CCC4)cc1F. The van der Waals surface area contributed by atoms with Crippen molar-refractivity contribution in [2.24, 2.45) is 0 Å². The van der Waals surface area contributed by atoms with Crippen LogP contribution in [0.5, 0.6) is 5.75 Å². The van der Waals surface area contributed by atoms with Crippen LogP contribution >= 0.6 is 11.3 Å². The molecular weight excluding hydrogens is 371 g/mol. The van der Waals surface area contributed by atoms with E-state index in [4.69, 9.17) is 9.47 Å². The number of ether oxygens (including phenoxy) is 2. The number of carbonyl (C=O) groups excluding carboxylic acids is 1. The lowest BCUT2D eigenvalue weighted by Crippen LogP contribution is -2.20. The zero-order valence-corrected chi connectivity index (χ0v) is 15.7. The van der Waals surface area contributed by atoms with Crippen LogP contribution in [0.25, 0.3) is 10.2 Å². The molecule has 0 saturated carbocycles. The number of halogens is 1. The third-order valence-corrected chi connectivity index (χ3v) is 5.85. The van der Waals surface area contributed by atoms with Crippen LogP contribution in [0.15, 0.2) is 23.0 Å². The molecule has 3 aromatic rings. The first-order valence-corrected chi connectivity index (χ1v) is 9.33. The molecule has 0 N–H and O–H groups in total. The standard InChI is InChI=1S/C19H17FN2O4S/c1-10-15-17(21-14-4-3-7-22(14)18(15)23)27-16(10)19(24)26-9-11-5-6-13(25-2)12(20)8-11/h5-6,8H,3-4,7,9H2,1-2H3. The number of hydrogen-bond acceptors (Lipinski definition) is 6. The highest BCUT2D eigenvalue weighted by Gasteiger charge is 2.24. The van der Waals surface area contributed by atoms with Crippen molar-refractivity contribution in [2.75, 3.05) is 7.11 Å². The molecule has 0 unspecified atom stereocenters. The number of aromatic nitrogens is 2. The Kier molecular flexibility index (Phi) is 4.43. The molecule has 0 radical (unpaired) electrons. The predicted octanol–water partition coefficient (Wildman–Crippen LogP) is 3.22. The highest BCUT2D eigenvalue weighted by Crippen LogP contribution is 2.29. The molecule has 27 heavy (non-hydrogen) atoms. The van der Waals surface area contributed by atoms with Crippen molar-refractivity contribution < 1.29 is 18.7 Å². The minimum Gasteiger partial charge on any atom is -0.494 e. The Balaban J connectivity index is 1.60. The molecule has 0 spiro atoms. The van der Waals surface area contributed by atoms with Gasteiger partial charge < -0.3 is 9.47 Å². The fraction of sp³-hybridized carbons (Fsp3) is 0.316. The van der Waals surface area contributed by atoms with Gasteiger partial charge in [-0.2, -0.15) is 0 Å². The van der Waals surface area contributed by atoms with Crippen molar-refractivity contribution in [2.45, 2.75) is 32.9 Å². The van der Waals surface area contributed by atoms with Crippen LogP contribution in [0.1, 0.15) is 33.0 Å². The number of hydrogen-bond donors (Lipinski definition) is 0. The molecule has 1 aliphatic heterocycles. The summed E-state index contributed by atoms with van der Waals surface area (Å²) in [5.41, 5.74) is 0.996. The van der Waals surface area contributed by atoms with Crippen molar-refractivity contribution in [3.05, 3.63) is 56.2 Å². The second-order valence-corrected chi connectivity index (χ2v) is 7.37. The zero-order valence-electron chi connectivity index (χ0n) is 14.9. The maximum Gasteiger partial charge on any atom is 0.349 e. The molecule has 4 rings (SSSR count). The van der Waals surface area contributed by atoms with E-state index >= 15 is 0 Å². The number of benzene rings is 1. The smallest absolute Gasteiger partial charge is 0.349 e. The third-order valence-electron chi connectivity index (χ3n) is 4.68. The highest BCUT2D eigenvalue weighted by molar-refractivity contribution is 7.20. The largest absolute Gasteiger partial charge is 0.494 e. The summed E-state index contributed by atoms with van der Waals surface area (Å²) in [6.45, 7) is 2.32. The molecule has 6 nitrogen and oxygen atoms in total. The third kappa shape index (κ3) is 2.99. The number of rotatable bonds is 4. The van der Waals surface area contributed by atoms with Gasteiger partial charge in [-0.3, -0.25) is 9.36 Å². The minimum atomic E-state index is -0.545. The first-order valence-electron chi connectivity index (χ1n) is 8.52. The van der Waals surface area contributed by atoms with E-state index < -0.39 is 11.8 Å². The average molecular weight is 388 g/mol. The summed E-state index contributed by atoms with van der Waals surface area (Å²) in [5, 5.41) is 0.480. The summed E-state index contributed by atoms with van der Waals surface area (Å²) in [5.74, 6) is -0.167. The first-order chi connectivity index (χ1) is 13.0. The van der Waals surface area contributed by atoms with Gasteiger partial charge in [0.1, 0.15) is 22.1 Å². The van der Waals surface area contributed by atoms with E-state index in [1.807, 2.05) is 0 Å². The first kappa shape index (κ1) is 17.7. The molecule has 0 amide bonds. The molecule has 0 fully saturated rings. The molecule has 2 aromatic heterocycles. The average Bonchev–Trinajstić information content (AvgIpc) is 3.25. The molecule has 0 atom stereocenters. The number of carbonyl (C=O) groups is 1. The Morgan fingerprint density at radius 2 is 2.22 bits per heavy atom. The van der Waals surface area contributed by atoms with Crippen molar-refractivity contribution in [3.8, 4) is 5.75 Å². The molecule has 0 bridgehead atoms. The summed E-state index contributed by atoms with van der Waals surface area (Å²) in [6.07, 6.45) is 1.68. The molecule has 140 valence electrons. The zero-order chi connectivity index (χ0) is 19.1. The molecule has 0 aliphatic carbocycles. The van der Waals surface area contributed by atoms with Crippen LogP contribution in [0.4, 0.5) is 4.39 Å². The fourth-order valence-corrected chi connectivity index (χ4v) is 4.37. The Morgan fingerprint density at radius 1 is 1.41 bits per heavy atom. The molecule has 0 saturated heterocycles. The van der Waals surface area contributed by atoms with Crippen molar-refractivity contribution in [1.29, 1.82) is 0 Å². The number of nitrogens with zero attached hydrogens (tertiary/aromatic N) is 2. The van der Waals surface area contributed by atoms with E-state index in [-0.39, 0.29) is 17.9 Å². The van der Waals surface area contributed by atoms with Crippen molar-refractivity contribution >= 4 is 27.5 Å². The van der Waals surface area contributed by atoms with Gasteiger partial charge in [0, 0.05) is 13.0 Å². The topological polar surface area (TPSA) is 70.4 Å². The van der Waals surface area contributed by atoms with Gasteiger partial charge in [-0.15, -0.1) is 11.3 Å². The summed E-state index contributed by atoms with van der Waals surface area (Å²) < 4.78 is 25.6. The maximum absolute atomic E-state index is 13.8. The van der Waals surface area contributed by atoms with Gasteiger partial charge in [0.25, 0.3) is 5.56 Å².